The van der Waals surface area contributed by atoms with Crippen LogP contribution in [0.1, 0.15) is 5.56 Å². The van der Waals surface area contributed by atoms with Crippen LogP contribution in [0.15, 0.2) is 42.6 Å². The summed E-state index contributed by atoms with van der Waals surface area (Å²) in [5.74, 6) is 3.75. The van der Waals surface area contributed by atoms with Crippen LogP contribution in [0.25, 0.3) is 0 Å². The van der Waals surface area contributed by atoms with E-state index in [-0.39, 0.29) is 0 Å². The predicted octanol–water partition coefficient (Wildman–Crippen LogP) is 2.37. The SMILES string of the molecule is c1ccc(NC[C@H]2CO[C@@H]3CN(Cc4ccc5c(c4)OCO5)C[C@H]23)nc1. The number of hydrogen-bond acceptors (Lipinski definition) is 6. The van der Waals surface area contributed by atoms with Crippen LogP contribution in [0.4, 0.5) is 5.82 Å². The van der Waals surface area contributed by atoms with E-state index in [1.807, 2.05) is 30.5 Å². The third-order valence-electron chi connectivity index (χ3n) is 5.57. The van der Waals surface area contributed by atoms with Crippen molar-refractivity contribution >= 4 is 5.82 Å². The van der Waals surface area contributed by atoms with E-state index in [1.54, 1.807) is 0 Å². The zero-order chi connectivity index (χ0) is 17.3. The van der Waals surface area contributed by atoms with Gasteiger partial charge in [0, 0.05) is 44.2 Å². The molecule has 0 bridgehead atoms. The maximum absolute atomic E-state index is 6.07. The van der Waals surface area contributed by atoms with Gasteiger partial charge in [-0.25, -0.2) is 4.98 Å². The number of nitrogens with zero attached hydrogens (tertiary/aromatic N) is 2. The first-order valence-corrected chi connectivity index (χ1v) is 9.22. The third kappa shape index (κ3) is 3.10. The van der Waals surface area contributed by atoms with Gasteiger partial charge in [0.15, 0.2) is 11.5 Å². The molecule has 5 rings (SSSR count). The van der Waals surface area contributed by atoms with E-state index in [4.69, 9.17) is 14.2 Å². The van der Waals surface area contributed by atoms with Crippen molar-refractivity contribution in [2.45, 2.75) is 12.6 Å². The summed E-state index contributed by atoms with van der Waals surface area (Å²) in [6, 6.07) is 12.2. The van der Waals surface area contributed by atoms with Crippen molar-refractivity contribution in [1.29, 1.82) is 0 Å². The number of ether oxygens (including phenoxy) is 3. The fraction of sp³-hybridized carbons (Fsp3) is 0.450. The van der Waals surface area contributed by atoms with Crippen LogP contribution in [0.2, 0.25) is 0 Å². The lowest BCUT2D eigenvalue weighted by Crippen LogP contribution is -2.27. The first-order valence-electron chi connectivity index (χ1n) is 9.22. The summed E-state index contributed by atoms with van der Waals surface area (Å²) < 4.78 is 17.0. The van der Waals surface area contributed by atoms with Gasteiger partial charge in [0.25, 0.3) is 0 Å². The normalized spacial score (nSPS) is 26.8. The highest BCUT2D eigenvalue weighted by Gasteiger charge is 2.43. The van der Waals surface area contributed by atoms with E-state index in [0.717, 1.165) is 50.1 Å². The molecule has 136 valence electrons. The molecule has 2 fully saturated rings. The molecule has 0 spiro atoms. The van der Waals surface area contributed by atoms with Gasteiger partial charge < -0.3 is 19.5 Å². The van der Waals surface area contributed by atoms with Crippen LogP contribution in [0.3, 0.4) is 0 Å². The first-order chi connectivity index (χ1) is 12.8. The minimum Gasteiger partial charge on any atom is -0.454 e. The second kappa shape index (κ2) is 6.78. The van der Waals surface area contributed by atoms with Crippen molar-refractivity contribution in [1.82, 2.24) is 9.88 Å². The van der Waals surface area contributed by atoms with E-state index in [1.165, 1.54) is 5.56 Å². The Bertz CT molecular complexity index is 770. The summed E-state index contributed by atoms with van der Waals surface area (Å²) in [5.41, 5.74) is 1.26. The zero-order valence-electron chi connectivity index (χ0n) is 14.6. The second-order valence-corrected chi connectivity index (χ2v) is 7.27. The van der Waals surface area contributed by atoms with Crippen molar-refractivity contribution < 1.29 is 14.2 Å². The van der Waals surface area contributed by atoms with Crippen molar-refractivity contribution in [2.75, 3.05) is 38.4 Å². The molecule has 0 radical (unpaired) electrons. The molecule has 1 aromatic carbocycles. The Morgan fingerprint density at radius 2 is 2.08 bits per heavy atom. The molecule has 26 heavy (non-hydrogen) atoms. The van der Waals surface area contributed by atoms with Gasteiger partial charge in [-0.3, -0.25) is 4.90 Å². The number of nitrogens with one attached hydrogen (secondary N) is 1. The molecule has 4 heterocycles. The lowest BCUT2D eigenvalue weighted by molar-refractivity contribution is 0.0946. The van der Waals surface area contributed by atoms with E-state index < -0.39 is 0 Å². The van der Waals surface area contributed by atoms with Gasteiger partial charge in [-0.2, -0.15) is 0 Å². The van der Waals surface area contributed by atoms with Crippen molar-refractivity contribution in [3.05, 3.63) is 48.2 Å². The average molecular weight is 353 g/mol. The van der Waals surface area contributed by atoms with Crippen LogP contribution in [0.5, 0.6) is 11.5 Å². The summed E-state index contributed by atoms with van der Waals surface area (Å²) in [5, 5.41) is 3.45. The van der Waals surface area contributed by atoms with Gasteiger partial charge in [0.1, 0.15) is 5.82 Å². The second-order valence-electron chi connectivity index (χ2n) is 7.27. The predicted molar refractivity (Wildman–Crippen MR) is 97.3 cm³/mol. The van der Waals surface area contributed by atoms with Gasteiger partial charge in [0.2, 0.25) is 6.79 Å². The third-order valence-corrected chi connectivity index (χ3v) is 5.57. The molecule has 0 amide bonds. The molecular formula is C20H23N3O3. The van der Waals surface area contributed by atoms with Gasteiger partial charge in [-0.05, 0) is 29.8 Å². The number of likely N-dealkylation sites (tertiary alicyclic amines) is 1. The van der Waals surface area contributed by atoms with Crippen LogP contribution in [-0.4, -0.2) is 49.0 Å². The molecule has 6 nitrogen and oxygen atoms in total. The highest BCUT2D eigenvalue weighted by atomic mass is 16.7. The maximum Gasteiger partial charge on any atom is 0.231 e. The van der Waals surface area contributed by atoms with E-state index in [9.17, 15) is 0 Å². The summed E-state index contributed by atoms with van der Waals surface area (Å²) >= 11 is 0. The van der Waals surface area contributed by atoms with Gasteiger partial charge in [-0.1, -0.05) is 12.1 Å². The standard InChI is InChI=1S/C20H23N3O3/c1-2-6-21-20(3-1)22-8-15-12-24-19-11-23(10-16(15)19)9-14-4-5-17-18(7-14)26-13-25-17/h1-7,15-16,19H,8-13H2,(H,21,22)/t15-,16+,19+/m0/s1. The van der Waals surface area contributed by atoms with E-state index >= 15 is 0 Å². The fourth-order valence-corrected chi connectivity index (χ4v) is 4.22. The molecule has 2 saturated heterocycles. The highest BCUT2D eigenvalue weighted by Crippen LogP contribution is 2.36. The molecule has 1 aromatic heterocycles. The summed E-state index contributed by atoms with van der Waals surface area (Å²) in [7, 11) is 0. The Hall–Kier alpha value is -2.31. The molecule has 6 heteroatoms. The Kier molecular flexibility index (Phi) is 4.15. The van der Waals surface area contributed by atoms with E-state index in [0.29, 0.717) is 24.7 Å². The molecule has 3 aliphatic rings. The zero-order valence-corrected chi connectivity index (χ0v) is 14.6. The number of aromatic nitrogens is 1. The number of fused-ring (bicyclic) bond motifs is 2. The average Bonchev–Trinajstić information content (AvgIpc) is 3.36. The minimum absolute atomic E-state index is 0.325. The molecule has 0 unspecified atom stereocenters. The summed E-state index contributed by atoms with van der Waals surface area (Å²) in [4.78, 5) is 6.83. The monoisotopic (exact) mass is 353 g/mol. The molecular weight excluding hydrogens is 330 g/mol. The number of pyridine rings is 1. The first kappa shape index (κ1) is 15.9. The van der Waals surface area contributed by atoms with Crippen molar-refractivity contribution in [2.24, 2.45) is 11.8 Å². The van der Waals surface area contributed by atoms with E-state index in [2.05, 4.69) is 27.3 Å². The molecule has 0 saturated carbocycles. The highest BCUT2D eigenvalue weighted by molar-refractivity contribution is 5.44. The van der Waals surface area contributed by atoms with Gasteiger partial charge >= 0.3 is 0 Å². The Balaban J connectivity index is 1.18. The molecule has 1 N–H and O–H groups in total. The molecule has 0 aliphatic carbocycles. The fourth-order valence-electron chi connectivity index (χ4n) is 4.22. The Labute approximate surface area is 153 Å². The lowest BCUT2D eigenvalue weighted by atomic mass is 9.93. The lowest BCUT2D eigenvalue weighted by Gasteiger charge is -2.20. The summed E-state index contributed by atoms with van der Waals surface area (Å²) in [6.07, 6.45) is 2.17. The van der Waals surface area contributed by atoms with Crippen LogP contribution in [0, 0.1) is 11.8 Å². The van der Waals surface area contributed by atoms with Crippen LogP contribution >= 0.6 is 0 Å². The van der Waals surface area contributed by atoms with Gasteiger partial charge in [-0.15, -0.1) is 0 Å². The quantitative estimate of drug-likeness (QED) is 0.891. The number of rotatable bonds is 5. The maximum atomic E-state index is 6.07. The Morgan fingerprint density at radius 3 is 3.00 bits per heavy atom. The molecule has 3 aliphatic heterocycles. The topological polar surface area (TPSA) is 55.9 Å². The van der Waals surface area contributed by atoms with Crippen LogP contribution < -0.4 is 14.8 Å². The summed E-state index contributed by atoms with van der Waals surface area (Å²) in [6.45, 7) is 5.08. The minimum atomic E-state index is 0.325. The molecule has 3 atom stereocenters. The number of benzene rings is 1. The molecule has 2 aromatic rings. The van der Waals surface area contributed by atoms with Crippen LogP contribution in [-0.2, 0) is 11.3 Å². The number of hydrogen-bond donors (Lipinski definition) is 1. The number of anilines is 1. The van der Waals surface area contributed by atoms with Gasteiger partial charge in [0.05, 0.1) is 12.7 Å². The van der Waals surface area contributed by atoms with Crippen molar-refractivity contribution in [3.8, 4) is 11.5 Å². The Morgan fingerprint density at radius 1 is 1.12 bits per heavy atom. The largest absolute Gasteiger partial charge is 0.454 e. The smallest absolute Gasteiger partial charge is 0.231 e. The van der Waals surface area contributed by atoms with Crippen molar-refractivity contribution in [3.63, 3.8) is 0 Å².